The minimum atomic E-state index is -1.22. The molecule has 5 atom stereocenters. The van der Waals surface area contributed by atoms with Gasteiger partial charge in [0.15, 0.2) is 0 Å². The molecule has 2 aromatic rings. The van der Waals surface area contributed by atoms with Crippen molar-refractivity contribution in [3.05, 3.63) is 90.5 Å². The molecule has 0 saturated carbocycles. The molecular weight excluding hydrogens is 498 g/mol. The summed E-state index contributed by atoms with van der Waals surface area (Å²) in [6.07, 6.45) is 2.10. The molecule has 2 aromatic carbocycles. The van der Waals surface area contributed by atoms with Crippen molar-refractivity contribution in [1.29, 1.82) is 0 Å². The molecule has 0 radical (unpaired) electrons. The first kappa shape index (κ1) is 29.9. The maximum atomic E-state index is 13.2. The van der Waals surface area contributed by atoms with Crippen LogP contribution >= 0.6 is 0 Å². The Morgan fingerprint density at radius 2 is 1.90 bits per heavy atom. The number of aliphatic hydroxyl groups is 1. The van der Waals surface area contributed by atoms with E-state index in [9.17, 15) is 19.8 Å². The van der Waals surface area contributed by atoms with Crippen molar-refractivity contribution in [2.45, 2.75) is 49.6 Å². The number of nitrogens with one attached hydrogen (secondary N) is 2. The minimum Gasteiger partial charge on any atom is -0.497 e. The maximum Gasteiger partial charge on any atom is 0.407 e. The lowest BCUT2D eigenvalue weighted by Gasteiger charge is -2.30. The van der Waals surface area contributed by atoms with Gasteiger partial charge in [-0.1, -0.05) is 48.6 Å². The lowest BCUT2D eigenvalue weighted by molar-refractivity contribution is -0.127. The summed E-state index contributed by atoms with van der Waals surface area (Å²) in [6.45, 7) is 8.00. The van der Waals surface area contributed by atoms with Crippen LogP contribution in [-0.4, -0.2) is 72.6 Å². The molecule has 1 aliphatic carbocycles. The van der Waals surface area contributed by atoms with Crippen LogP contribution in [0.3, 0.4) is 0 Å². The number of aliphatic hydroxyl groups excluding tert-OH is 1. The molecule has 0 saturated heterocycles. The van der Waals surface area contributed by atoms with Crippen molar-refractivity contribution in [3.63, 3.8) is 0 Å². The van der Waals surface area contributed by atoms with Crippen LogP contribution in [0.15, 0.2) is 73.8 Å². The Balaban J connectivity index is 1.77. The highest BCUT2D eigenvalue weighted by Gasteiger charge is 2.34. The second-order valence-corrected chi connectivity index (χ2v) is 9.61. The Labute approximate surface area is 230 Å². The summed E-state index contributed by atoms with van der Waals surface area (Å²) < 4.78 is 11.4. The van der Waals surface area contributed by atoms with Crippen molar-refractivity contribution >= 4 is 12.0 Å². The van der Waals surface area contributed by atoms with Gasteiger partial charge >= 0.3 is 6.09 Å². The summed E-state index contributed by atoms with van der Waals surface area (Å²) >= 11 is 0. The number of likely N-dealkylation sites (N-methyl/N-ethyl adjacent to an activating group) is 1. The summed E-state index contributed by atoms with van der Waals surface area (Å²) in [7, 11) is 2.96. The maximum absolute atomic E-state index is 13.2. The van der Waals surface area contributed by atoms with E-state index in [-0.39, 0.29) is 25.1 Å². The standard InChI is InChI=1S/C30H39N3O6/c1-5-10-26(33(3)30(36)37)29(35)32-25(16-20-11-8-7-9-12-20)27(34)19-31-24-18-28(39-15-6-2)22-14-13-21(38-4)17-23(22)24/h5-9,11-14,17,24-28,31,34H,1-2,10,15-16,18-19H2,3-4H3,(H,32,35)(H,36,37)/t24-,25-,26-,27-,28+/m0/s1. The lowest BCUT2D eigenvalue weighted by Crippen LogP contribution is -2.55. The van der Waals surface area contributed by atoms with Crippen LogP contribution < -0.4 is 15.4 Å². The van der Waals surface area contributed by atoms with Crippen molar-refractivity contribution in [3.8, 4) is 5.75 Å². The number of hydrogen-bond donors (Lipinski definition) is 4. The van der Waals surface area contributed by atoms with E-state index in [2.05, 4.69) is 23.8 Å². The monoisotopic (exact) mass is 537 g/mol. The molecule has 0 unspecified atom stereocenters. The Kier molecular flexibility index (Phi) is 11.1. The molecule has 9 nitrogen and oxygen atoms in total. The average molecular weight is 538 g/mol. The zero-order valence-electron chi connectivity index (χ0n) is 22.6. The highest BCUT2D eigenvalue weighted by atomic mass is 16.5. The predicted octanol–water partition coefficient (Wildman–Crippen LogP) is 3.62. The quantitative estimate of drug-likeness (QED) is 0.256. The van der Waals surface area contributed by atoms with Crippen molar-refractivity contribution < 1.29 is 29.3 Å². The number of amides is 2. The topological polar surface area (TPSA) is 120 Å². The number of rotatable bonds is 15. The molecule has 210 valence electrons. The SMILES string of the molecule is C=CCO[C@@H]1C[C@H](NC[C@H](O)[C@H](Cc2ccccc2)NC(=O)[C@H](CC=C)N(C)C(=O)O)c2cc(OC)ccc21. The average Bonchev–Trinajstić information content (AvgIpc) is 3.29. The second-order valence-electron chi connectivity index (χ2n) is 9.61. The van der Waals surface area contributed by atoms with Gasteiger partial charge in [0.05, 0.1) is 32.0 Å². The number of carbonyl (C=O) groups excluding carboxylic acids is 1. The summed E-state index contributed by atoms with van der Waals surface area (Å²) in [5.41, 5.74) is 3.03. The van der Waals surface area contributed by atoms with Gasteiger partial charge in [-0.05, 0) is 48.1 Å². The van der Waals surface area contributed by atoms with E-state index in [1.807, 2.05) is 48.5 Å². The van der Waals surface area contributed by atoms with Gasteiger partial charge in [-0.3, -0.25) is 9.69 Å². The summed E-state index contributed by atoms with van der Waals surface area (Å²) in [5, 5.41) is 27.1. The van der Waals surface area contributed by atoms with Crippen LogP contribution in [0.25, 0.3) is 0 Å². The summed E-state index contributed by atoms with van der Waals surface area (Å²) in [6, 6.07) is 13.7. The van der Waals surface area contributed by atoms with Crippen LogP contribution in [0.5, 0.6) is 5.75 Å². The van der Waals surface area contributed by atoms with Crippen molar-refractivity contribution in [2.24, 2.45) is 0 Å². The van der Waals surface area contributed by atoms with Gasteiger partial charge in [0.25, 0.3) is 0 Å². The summed E-state index contributed by atoms with van der Waals surface area (Å²) in [4.78, 5) is 25.7. The van der Waals surface area contributed by atoms with E-state index in [1.54, 1.807) is 13.2 Å². The first-order chi connectivity index (χ1) is 18.8. The molecule has 0 heterocycles. The second kappa shape index (κ2) is 14.5. The zero-order chi connectivity index (χ0) is 28.4. The lowest BCUT2D eigenvalue weighted by atomic mass is 9.99. The molecule has 0 bridgehead atoms. The molecule has 9 heteroatoms. The first-order valence-electron chi connectivity index (χ1n) is 13.0. The van der Waals surface area contributed by atoms with E-state index in [0.717, 1.165) is 27.3 Å². The van der Waals surface area contributed by atoms with Crippen LogP contribution in [0.1, 0.15) is 41.7 Å². The van der Waals surface area contributed by atoms with Crippen molar-refractivity contribution in [2.75, 3.05) is 27.3 Å². The Bertz CT molecular complexity index is 1120. The molecule has 0 fully saturated rings. The molecule has 3 rings (SSSR count). The number of fused-ring (bicyclic) bond motifs is 1. The molecule has 0 aromatic heterocycles. The fourth-order valence-corrected chi connectivity index (χ4v) is 4.85. The highest BCUT2D eigenvalue weighted by Crippen LogP contribution is 2.42. The third kappa shape index (κ3) is 7.92. The van der Waals surface area contributed by atoms with Gasteiger partial charge < -0.3 is 30.3 Å². The Morgan fingerprint density at radius 3 is 2.54 bits per heavy atom. The van der Waals surface area contributed by atoms with Gasteiger partial charge in [-0.15, -0.1) is 13.2 Å². The van der Waals surface area contributed by atoms with Gasteiger partial charge in [0, 0.05) is 19.6 Å². The Morgan fingerprint density at radius 1 is 1.15 bits per heavy atom. The number of carboxylic acid groups (broad SMARTS) is 1. The van der Waals surface area contributed by atoms with Gasteiger partial charge in [0.1, 0.15) is 11.8 Å². The summed E-state index contributed by atoms with van der Waals surface area (Å²) in [5.74, 6) is 0.240. The van der Waals surface area contributed by atoms with Crippen LogP contribution in [0.4, 0.5) is 4.79 Å². The highest BCUT2D eigenvalue weighted by molar-refractivity contribution is 5.85. The van der Waals surface area contributed by atoms with E-state index >= 15 is 0 Å². The van der Waals surface area contributed by atoms with E-state index in [4.69, 9.17) is 9.47 Å². The van der Waals surface area contributed by atoms with Gasteiger partial charge in [-0.25, -0.2) is 4.79 Å². The number of benzene rings is 2. The molecule has 1 aliphatic rings. The predicted molar refractivity (Wildman–Crippen MR) is 150 cm³/mol. The molecule has 0 aliphatic heterocycles. The molecule has 39 heavy (non-hydrogen) atoms. The smallest absolute Gasteiger partial charge is 0.407 e. The molecule has 0 spiro atoms. The van der Waals surface area contributed by atoms with Crippen LogP contribution in [0, 0.1) is 0 Å². The third-order valence-corrected chi connectivity index (χ3v) is 7.01. The first-order valence-corrected chi connectivity index (χ1v) is 13.0. The number of methoxy groups -OCH3 is 1. The normalized spacial score (nSPS) is 18.3. The number of nitrogens with zero attached hydrogens (tertiary/aromatic N) is 1. The van der Waals surface area contributed by atoms with Crippen molar-refractivity contribution in [1.82, 2.24) is 15.5 Å². The minimum absolute atomic E-state index is 0.0979. The zero-order valence-corrected chi connectivity index (χ0v) is 22.6. The number of carbonyl (C=O) groups is 2. The molecular formula is C30H39N3O6. The molecule has 2 amide bonds. The largest absolute Gasteiger partial charge is 0.497 e. The molecule has 4 N–H and O–H groups in total. The number of hydrogen-bond acceptors (Lipinski definition) is 6. The fraction of sp³-hybridized carbons (Fsp3) is 0.400. The Hall–Kier alpha value is -3.66. The fourth-order valence-electron chi connectivity index (χ4n) is 4.85. The van der Waals surface area contributed by atoms with E-state index in [1.165, 1.54) is 13.1 Å². The van der Waals surface area contributed by atoms with E-state index < -0.39 is 30.2 Å². The van der Waals surface area contributed by atoms with Crippen LogP contribution in [0.2, 0.25) is 0 Å². The van der Waals surface area contributed by atoms with Crippen LogP contribution in [-0.2, 0) is 16.0 Å². The van der Waals surface area contributed by atoms with E-state index in [0.29, 0.717) is 19.4 Å². The van der Waals surface area contributed by atoms with Gasteiger partial charge in [-0.2, -0.15) is 0 Å². The number of ether oxygens (including phenoxy) is 2. The third-order valence-electron chi connectivity index (χ3n) is 7.01. The van der Waals surface area contributed by atoms with Gasteiger partial charge in [0.2, 0.25) is 5.91 Å².